The van der Waals surface area contributed by atoms with Gasteiger partial charge in [-0.1, -0.05) is 36.0 Å². The van der Waals surface area contributed by atoms with Gasteiger partial charge in [0.1, 0.15) is 0 Å². The van der Waals surface area contributed by atoms with E-state index in [1.54, 1.807) is 29.2 Å². The summed E-state index contributed by atoms with van der Waals surface area (Å²) in [6.45, 7) is 0.375. The number of nitrogens with zero attached hydrogens (tertiary/aromatic N) is 1. The minimum atomic E-state index is -4.89. The molecule has 38 heavy (non-hydrogen) atoms. The van der Waals surface area contributed by atoms with E-state index in [-0.39, 0.29) is 24.3 Å². The zero-order chi connectivity index (χ0) is 27.6. The number of benzene rings is 1. The molecule has 12 heteroatoms. The Hall–Kier alpha value is -2.76. The molecule has 1 aliphatic heterocycles. The molecule has 2 N–H and O–H groups in total. The second kappa shape index (κ2) is 11.5. The van der Waals surface area contributed by atoms with Crippen molar-refractivity contribution in [1.29, 1.82) is 0 Å². The van der Waals surface area contributed by atoms with Gasteiger partial charge < -0.3 is 20.3 Å². The Morgan fingerprint density at radius 1 is 1.18 bits per heavy atom. The lowest BCUT2D eigenvalue weighted by atomic mass is 9.81. The van der Waals surface area contributed by atoms with Crippen LogP contribution in [0, 0.1) is 11.8 Å². The first-order valence-electron chi connectivity index (χ1n) is 12.2. The van der Waals surface area contributed by atoms with E-state index < -0.39 is 24.2 Å². The van der Waals surface area contributed by atoms with Crippen LogP contribution >= 0.6 is 23.8 Å². The summed E-state index contributed by atoms with van der Waals surface area (Å²) in [6, 6.07) is 5.07. The maximum Gasteiger partial charge on any atom is 0.471 e. The molecule has 7 nitrogen and oxygen atoms in total. The molecule has 4 rings (SSSR count). The first-order chi connectivity index (χ1) is 18.0. The monoisotopic (exact) mass is 569 g/mol. The van der Waals surface area contributed by atoms with Crippen LogP contribution in [0.4, 0.5) is 18.9 Å². The summed E-state index contributed by atoms with van der Waals surface area (Å²) in [7, 11) is 1.49. The highest BCUT2D eigenvalue weighted by atomic mass is 35.5. The van der Waals surface area contributed by atoms with Crippen LogP contribution in [-0.2, 0) is 14.3 Å². The average molecular weight is 570 g/mol. The van der Waals surface area contributed by atoms with Gasteiger partial charge in [-0.15, -0.1) is 0 Å². The number of thiocarbonyl (C=S) groups is 1. The van der Waals surface area contributed by atoms with Crippen LogP contribution in [0.5, 0.6) is 0 Å². The molecule has 3 aliphatic rings. The highest BCUT2D eigenvalue weighted by Gasteiger charge is 2.41. The van der Waals surface area contributed by atoms with E-state index in [0.29, 0.717) is 70.9 Å². The number of carbonyl (C=O) groups is 3. The summed E-state index contributed by atoms with van der Waals surface area (Å²) in [5.41, 5.74) is 1.72. The minimum absolute atomic E-state index is 0.0240. The number of hydrogen-bond donors (Lipinski definition) is 2. The smallest absolute Gasteiger partial charge is 0.357 e. The Kier molecular flexibility index (Phi) is 8.59. The molecule has 2 aliphatic carbocycles. The van der Waals surface area contributed by atoms with Crippen molar-refractivity contribution in [1.82, 2.24) is 10.2 Å². The van der Waals surface area contributed by atoms with E-state index in [9.17, 15) is 27.6 Å². The van der Waals surface area contributed by atoms with Gasteiger partial charge in [-0.25, -0.2) is 0 Å². The third-order valence-electron chi connectivity index (χ3n) is 7.14. The molecule has 0 aromatic heterocycles. The molecule has 0 saturated heterocycles. The van der Waals surface area contributed by atoms with E-state index in [4.69, 9.17) is 28.6 Å². The fourth-order valence-corrected chi connectivity index (χ4v) is 5.58. The zero-order valence-electron chi connectivity index (χ0n) is 20.6. The van der Waals surface area contributed by atoms with Gasteiger partial charge in [0.05, 0.1) is 5.57 Å². The normalized spacial score (nSPS) is 23.5. The lowest BCUT2D eigenvalue weighted by Gasteiger charge is -2.33. The quantitative estimate of drug-likeness (QED) is 0.450. The molecular formula is C26H27ClF3N3O4S. The summed E-state index contributed by atoms with van der Waals surface area (Å²) in [4.78, 5) is 39.5. The van der Waals surface area contributed by atoms with Crippen LogP contribution in [0.25, 0.3) is 0 Å². The lowest BCUT2D eigenvalue weighted by Crippen LogP contribution is -2.40. The molecule has 1 saturated carbocycles. The number of carbonyl (C=O) groups excluding carboxylic acids is 3. The van der Waals surface area contributed by atoms with Crippen LogP contribution in [0.2, 0.25) is 0 Å². The Balaban J connectivity index is 1.41. The fourth-order valence-electron chi connectivity index (χ4n) is 5.16. The molecule has 0 radical (unpaired) electrons. The number of ether oxygens (including phenoxy) is 1. The molecule has 1 aromatic carbocycles. The number of methoxy groups -OCH3 is 1. The van der Waals surface area contributed by atoms with Crippen molar-refractivity contribution < 1.29 is 32.3 Å². The molecule has 1 atom stereocenters. The summed E-state index contributed by atoms with van der Waals surface area (Å²) in [5.74, 6) is -2.50. The molecule has 0 bridgehead atoms. The van der Waals surface area contributed by atoms with E-state index in [0.717, 1.165) is 0 Å². The van der Waals surface area contributed by atoms with E-state index in [2.05, 4.69) is 5.32 Å². The summed E-state index contributed by atoms with van der Waals surface area (Å²) >= 11 is 11.4. The van der Waals surface area contributed by atoms with Gasteiger partial charge >= 0.3 is 12.1 Å². The first kappa shape index (κ1) is 28.3. The molecule has 204 valence electrons. The second-order valence-corrected chi connectivity index (χ2v) is 10.6. The predicted molar refractivity (Wildman–Crippen MR) is 140 cm³/mol. The number of amides is 3. The van der Waals surface area contributed by atoms with Crippen molar-refractivity contribution in [2.24, 2.45) is 11.8 Å². The van der Waals surface area contributed by atoms with Gasteiger partial charge in [0.15, 0.2) is 6.23 Å². The Labute approximate surface area is 228 Å². The van der Waals surface area contributed by atoms with Gasteiger partial charge in [-0.05, 0) is 55.7 Å². The lowest BCUT2D eigenvalue weighted by molar-refractivity contribution is -0.173. The molecular weight excluding hydrogens is 543 g/mol. The zero-order valence-corrected chi connectivity index (χ0v) is 22.1. The van der Waals surface area contributed by atoms with Gasteiger partial charge in [-0.3, -0.25) is 14.4 Å². The molecule has 3 amide bonds. The largest absolute Gasteiger partial charge is 0.471 e. The third-order valence-corrected chi connectivity index (χ3v) is 7.79. The summed E-state index contributed by atoms with van der Waals surface area (Å²) in [6.07, 6.45) is 0.717. The Morgan fingerprint density at radius 2 is 1.87 bits per heavy atom. The number of rotatable bonds is 7. The van der Waals surface area contributed by atoms with Crippen molar-refractivity contribution in [3.05, 3.63) is 52.1 Å². The SMILES string of the molecule is COC1c2c(NC(=O)C3=CC(Cl)=CCC3=S)cccc2C(=O)N1CC1CCC(CNC(=O)C(F)(F)F)CC1. The molecule has 1 heterocycles. The van der Waals surface area contributed by atoms with Gasteiger partial charge in [-0.2, -0.15) is 13.2 Å². The highest BCUT2D eigenvalue weighted by Crippen LogP contribution is 2.41. The number of allylic oxidation sites excluding steroid dienone is 3. The van der Waals surface area contributed by atoms with Crippen LogP contribution in [0.3, 0.4) is 0 Å². The molecule has 1 fully saturated rings. The maximum atomic E-state index is 13.3. The topological polar surface area (TPSA) is 87.7 Å². The number of anilines is 1. The second-order valence-electron chi connectivity index (χ2n) is 9.64. The third kappa shape index (κ3) is 6.10. The standard InChI is InChI=1S/C26H27ClF3N3O4S/c1-37-24-21-17(3-2-4-19(21)32-22(34)18-11-16(27)9-10-20(18)38)23(35)33(24)13-15-7-5-14(6-8-15)12-31-25(36)26(28,29)30/h2-4,9,11,14-15,24H,5-8,10,12-13H2,1H3,(H,31,36)(H,32,34). The molecule has 0 spiro atoms. The first-order valence-corrected chi connectivity index (χ1v) is 13.0. The maximum absolute atomic E-state index is 13.3. The highest BCUT2D eigenvalue weighted by molar-refractivity contribution is 7.81. The van der Waals surface area contributed by atoms with Crippen LogP contribution in [0.1, 0.15) is 54.3 Å². The van der Waals surface area contributed by atoms with E-state index in [1.807, 2.05) is 5.32 Å². The van der Waals surface area contributed by atoms with E-state index >= 15 is 0 Å². The predicted octanol–water partition coefficient (Wildman–Crippen LogP) is 5.03. The number of hydrogen-bond acceptors (Lipinski definition) is 5. The number of fused-ring (bicyclic) bond motifs is 1. The van der Waals surface area contributed by atoms with Gasteiger partial charge in [0, 0.05) is 53.3 Å². The van der Waals surface area contributed by atoms with Crippen molar-refractivity contribution >= 4 is 52.1 Å². The minimum Gasteiger partial charge on any atom is -0.357 e. The molecule has 1 aromatic rings. The van der Waals surface area contributed by atoms with Crippen LogP contribution < -0.4 is 10.6 Å². The summed E-state index contributed by atoms with van der Waals surface area (Å²) in [5, 5.41) is 5.24. The van der Waals surface area contributed by atoms with Crippen molar-refractivity contribution in [3.8, 4) is 0 Å². The van der Waals surface area contributed by atoms with Crippen LogP contribution in [0.15, 0.2) is 41.0 Å². The Bertz CT molecular complexity index is 1210. The fraction of sp³-hybridized carbons (Fsp3) is 0.462. The summed E-state index contributed by atoms with van der Waals surface area (Å²) < 4.78 is 43.0. The molecule has 1 unspecified atom stereocenters. The number of nitrogens with one attached hydrogen (secondary N) is 2. The number of halogens is 4. The number of alkyl halides is 3. The Morgan fingerprint density at radius 3 is 2.53 bits per heavy atom. The average Bonchev–Trinajstić information content (AvgIpc) is 3.15. The van der Waals surface area contributed by atoms with Crippen LogP contribution in [-0.4, -0.2) is 53.9 Å². The van der Waals surface area contributed by atoms with Gasteiger partial charge in [0.2, 0.25) is 0 Å². The van der Waals surface area contributed by atoms with Crippen molar-refractivity contribution in [2.75, 3.05) is 25.5 Å². The van der Waals surface area contributed by atoms with Gasteiger partial charge in [0.25, 0.3) is 11.8 Å². The van der Waals surface area contributed by atoms with Crippen molar-refractivity contribution in [3.63, 3.8) is 0 Å². The van der Waals surface area contributed by atoms with Crippen molar-refractivity contribution in [2.45, 2.75) is 44.5 Å². The van der Waals surface area contributed by atoms with E-state index in [1.165, 1.54) is 13.2 Å².